The van der Waals surface area contributed by atoms with Gasteiger partial charge in [-0.15, -0.1) is 0 Å². The highest BCUT2D eigenvalue weighted by molar-refractivity contribution is 6.06. The van der Waals surface area contributed by atoms with Gasteiger partial charge in [0.25, 0.3) is 5.91 Å². The molecule has 21 heavy (non-hydrogen) atoms. The zero-order valence-corrected chi connectivity index (χ0v) is 12.1. The van der Waals surface area contributed by atoms with Crippen LogP contribution in [-0.2, 0) is 6.42 Å². The summed E-state index contributed by atoms with van der Waals surface area (Å²) in [6.45, 7) is 4.01. The average Bonchev–Trinajstić information content (AvgIpc) is 2.86. The number of aryl methyl sites for hydroxylation is 2. The van der Waals surface area contributed by atoms with Crippen LogP contribution in [0.4, 0.5) is 5.69 Å². The summed E-state index contributed by atoms with van der Waals surface area (Å²) in [6, 6.07) is 15.5. The van der Waals surface area contributed by atoms with Crippen molar-refractivity contribution in [1.82, 2.24) is 0 Å². The zero-order valence-electron chi connectivity index (χ0n) is 12.1. The summed E-state index contributed by atoms with van der Waals surface area (Å²) in [7, 11) is 0. The summed E-state index contributed by atoms with van der Waals surface area (Å²) in [6.07, 6.45) is 0.983. The number of fused-ring (bicyclic) bond motifs is 1. The van der Waals surface area contributed by atoms with E-state index >= 15 is 0 Å². The standard InChI is InChI=1S/C18H17NO2/c1-3-13-8-10-14(11-9-13)19-18(20)17-12(2)15-6-4-5-7-16(15)21-17/h4-11H,3H2,1-2H3,(H,19,20). The second-order valence-electron chi connectivity index (χ2n) is 5.06. The van der Waals surface area contributed by atoms with E-state index in [0.717, 1.165) is 28.6 Å². The van der Waals surface area contributed by atoms with Crippen LogP contribution in [-0.4, -0.2) is 5.91 Å². The second kappa shape index (κ2) is 5.44. The molecule has 0 fully saturated rings. The number of hydrogen-bond acceptors (Lipinski definition) is 2. The molecule has 1 heterocycles. The molecule has 0 saturated heterocycles. The van der Waals surface area contributed by atoms with E-state index in [9.17, 15) is 4.79 Å². The first kappa shape index (κ1) is 13.4. The van der Waals surface area contributed by atoms with Gasteiger partial charge in [-0.1, -0.05) is 37.3 Å². The van der Waals surface area contributed by atoms with Crippen molar-refractivity contribution in [1.29, 1.82) is 0 Å². The van der Waals surface area contributed by atoms with Crippen molar-refractivity contribution in [2.45, 2.75) is 20.3 Å². The van der Waals surface area contributed by atoms with Crippen LogP contribution in [0.3, 0.4) is 0 Å². The molecule has 0 saturated carbocycles. The van der Waals surface area contributed by atoms with Gasteiger partial charge in [0, 0.05) is 16.6 Å². The summed E-state index contributed by atoms with van der Waals surface area (Å²) < 4.78 is 5.67. The molecular weight excluding hydrogens is 262 g/mol. The third-order valence-corrected chi connectivity index (χ3v) is 3.67. The molecule has 106 valence electrons. The molecule has 3 rings (SSSR count). The Labute approximate surface area is 123 Å². The molecule has 0 spiro atoms. The van der Waals surface area contributed by atoms with Crippen LogP contribution in [0.1, 0.15) is 28.6 Å². The first-order valence-corrected chi connectivity index (χ1v) is 7.07. The van der Waals surface area contributed by atoms with Gasteiger partial charge in [0.05, 0.1) is 0 Å². The van der Waals surface area contributed by atoms with Crippen molar-refractivity contribution >= 4 is 22.6 Å². The Morgan fingerprint density at radius 3 is 2.48 bits per heavy atom. The number of furan rings is 1. The fourth-order valence-corrected chi connectivity index (χ4v) is 2.40. The lowest BCUT2D eigenvalue weighted by atomic mass is 10.1. The molecule has 0 atom stereocenters. The highest BCUT2D eigenvalue weighted by atomic mass is 16.3. The van der Waals surface area contributed by atoms with Crippen LogP contribution in [0.5, 0.6) is 0 Å². The quantitative estimate of drug-likeness (QED) is 0.764. The minimum absolute atomic E-state index is 0.215. The van der Waals surface area contributed by atoms with Gasteiger partial charge in [-0.3, -0.25) is 4.79 Å². The van der Waals surface area contributed by atoms with Crippen molar-refractivity contribution in [2.75, 3.05) is 5.32 Å². The van der Waals surface area contributed by atoms with Crippen molar-refractivity contribution < 1.29 is 9.21 Å². The normalized spacial score (nSPS) is 10.8. The fraction of sp³-hybridized carbons (Fsp3) is 0.167. The van der Waals surface area contributed by atoms with Gasteiger partial charge in [-0.05, 0) is 37.1 Å². The van der Waals surface area contributed by atoms with Crippen LogP contribution in [0.25, 0.3) is 11.0 Å². The van der Waals surface area contributed by atoms with E-state index < -0.39 is 0 Å². The lowest BCUT2D eigenvalue weighted by molar-refractivity contribution is 0.0998. The van der Waals surface area contributed by atoms with E-state index in [1.807, 2.05) is 55.5 Å². The molecule has 2 aromatic carbocycles. The number of carbonyl (C=O) groups is 1. The number of anilines is 1. The largest absolute Gasteiger partial charge is 0.451 e. The van der Waals surface area contributed by atoms with E-state index in [1.165, 1.54) is 5.56 Å². The van der Waals surface area contributed by atoms with E-state index in [-0.39, 0.29) is 5.91 Å². The highest BCUT2D eigenvalue weighted by Gasteiger charge is 2.17. The van der Waals surface area contributed by atoms with Crippen molar-refractivity contribution in [3.8, 4) is 0 Å². The molecule has 1 N–H and O–H groups in total. The van der Waals surface area contributed by atoms with Crippen LogP contribution in [0.2, 0.25) is 0 Å². The van der Waals surface area contributed by atoms with E-state index in [0.29, 0.717) is 5.76 Å². The maximum absolute atomic E-state index is 12.4. The maximum atomic E-state index is 12.4. The SMILES string of the molecule is CCc1ccc(NC(=O)c2oc3ccccc3c2C)cc1. The molecule has 0 aliphatic heterocycles. The Hall–Kier alpha value is -2.55. The Morgan fingerprint density at radius 1 is 1.10 bits per heavy atom. The van der Waals surface area contributed by atoms with E-state index in [2.05, 4.69) is 12.2 Å². The predicted octanol–water partition coefficient (Wildman–Crippen LogP) is 4.56. The number of amides is 1. The molecule has 1 aromatic heterocycles. The lowest BCUT2D eigenvalue weighted by Crippen LogP contribution is -2.12. The molecule has 0 aliphatic rings. The Bertz CT molecular complexity index is 785. The first-order valence-electron chi connectivity index (χ1n) is 7.07. The number of benzene rings is 2. The highest BCUT2D eigenvalue weighted by Crippen LogP contribution is 2.25. The third-order valence-electron chi connectivity index (χ3n) is 3.67. The minimum Gasteiger partial charge on any atom is -0.451 e. The topological polar surface area (TPSA) is 42.2 Å². The first-order chi connectivity index (χ1) is 10.2. The Balaban J connectivity index is 1.87. The van der Waals surface area contributed by atoms with Crippen LogP contribution in [0.15, 0.2) is 52.9 Å². The Kier molecular flexibility index (Phi) is 3.48. The number of rotatable bonds is 3. The lowest BCUT2D eigenvalue weighted by Gasteiger charge is -2.04. The summed E-state index contributed by atoms with van der Waals surface area (Å²) in [5.74, 6) is 0.156. The number of para-hydroxylation sites is 1. The number of carbonyl (C=O) groups excluding carboxylic acids is 1. The number of hydrogen-bond donors (Lipinski definition) is 1. The van der Waals surface area contributed by atoms with Gasteiger partial charge in [-0.25, -0.2) is 0 Å². The van der Waals surface area contributed by atoms with Gasteiger partial charge < -0.3 is 9.73 Å². The summed E-state index contributed by atoms with van der Waals surface area (Å²) in [5.41, 5.74) is 3.62. The molecule has 0 aliphatic carbocycles. The summed E-state index contributed by atoms with van der Waals surface area (Å²) in [5, 5.41) is 3.85. The van der Waals surface area contributed by atoms with Crippen LogP contribution < -0.4 is 5.32 Å². The second-order valence-corrected chi connectivity index (χ2v) is 5.06. The molecule has 1 amide bonds. The van der Waals surface area contributed by atoms with Gasteiger partial charge in [0.2, 0.25) is 0 Å². The molecule has 3 nitrogen and oxygen atoms in total. The van der Waals surface area contributed by atoms with Gasteiger partial charge in [0.15, 0.2) is 5.76 Å². The van der Waals surface area contributed by atoms with Crippen molar-refractivity contribution in [2.24, 2.45) is 0 Å². The molecular formula is C18H17NO2. The average molecular weight is 279 g/mol. The summed E-state index contributed by atoms with van der Waals surface area (Å²) in [4.78, 5) is 12.4. The Morgan fingerprint density at radius 2 is 1.81 bits per heavy atom. The summed E-state index contributed by atoms with van der Waals surface area (Å²) >= 11 is 0. The van der Waals surface area contributed by atoms with E-state index in [1.54, 1.807) is 0 Å². The van der Waals surface area contributed by atoms with E-state index in [4.69, 9.17) is 4.42 Å². The molecule has 0 radical (unpaired) electrons. The molecule has 0 bridgehead atoms. The smallest absolute Gasteiger partial charge is 0.291 e. The number of nitrogens with one attached hydrogen (secondary N) is 1. The maximum Gasteiger partial charge on any atom is 0.291 e. The fourth-order valence-electron chi connectivity index (χ4n) is 2.40. The van der Waals surface area contributed by atoms with Gasteiger partial charge >= 0.3 is 0 Å². The molecule has 3 heteroatoms. The van der Waals surface area contributed by atoms with Crippen molar-refractivity contribution in [3.63, 3.8) is 0 Å². The molecule has 3 aromatic rings. The van der Waals surface area contributed by atoms with Crippen LogP contribution in [0, 0.1) is 6.92 Å². The zero-order chi connectivity index (χ0) is 14.8. The third kappa shape index (κ3) is 2.55. The monoisotopic (exact) mass is 279 g/mol. The van der Waals surface area contributed by atoms with Crippen LogP contribution >= 0.6 is 0 Å². The van der Waals surface area contributed by atoms with Gasteiger partial charge in [-0.2, -0.15) is 0 Å². The van der Waals surface area contributed by atoms with Gasteiger partial charge in [0.1, 0.15) is 5.58 Å². The predicted molar refractivity (Wildman–Crippen MR) is 84.7 cm³/mol. The minimum atomic E-state index is -0.215. The van der Waals surface area contributed by atoms with Crippen molar-refractivity contribution in [3.05, 3.63) is 65.4 Å². The molecule has 0 unspecified atom stereocenters.